The Morgan fingerprint density at radius 1 is 1.33 bits per heavy atom. The Morgan fingerprint density at radius 3 is 2.92 bits per heavy atom. The Balaban J connectivity index is 2.67. The first-order valence-corrected chi connectivity index (χ1v) is 3.83. The van der Waals surface area contributed by atoms with Gasteiger partial charge in [-0.1, -0.05) is 11.6 Å². The van der Waals surface area contributed by atoms with E-state index in [-0.39, 0.29) is 0 Å². The minimum absolute atomic E-state index is 0.535. The van der Waals surface area contributed by atoms with Gasteiger partial charge in [0.05, 0.1) is 0 Å². The van der Waals surface area contributed by atoms with Crippen molar-refractivity contribution in [3.63, 3.8) is 0 Å². The van der Waals surface area contributed by atoms with Crippen LogP contribution < -0.4 is 11.3 Å². The van der Waals surface area contributed by atoms with Crippen LogP contribution in [-0.2, 0) is 0 Å². The highest BCUT2D eigenvalue weighted by atomic mass is 35.5. The van der Waals surface area contributed by atoms with Gasteiger partial charge in [-0.15, -0.1) is 0 Å². The molecule has 0 spiro atoms. The highest BCUT2D eigenvalue weighted by Crippen LogP contribution is 2.24. The molecule has 3 N–H and O–H groups in total. The first-order chi connectivity index (χ1) is 5.79. The van der Waals surface area contributed by atoms with Crippen LogP contribution in [0.1, 0.15) is 0 Å². The minimum atomic E-state index is 0.535. The van der Waals surface area contributed by atoms with Crippen LogP contribution in [0.4, 0.5) is 5.88 Å². The molecule has 1 aromatic carbocycles. The average molecular weight is 183 g/mol. The number of anilines is 1. The molecule has 0 radical (unpaired) electrons. The van der Waals surface area contributed by atoms with Crippen LogP contribution >= 0.6 is 11.6 Å². The number of nitrogens with one attached hydrogen (secondary N) is 1. The molecule has 2 rings (SSSR count). The van der Waals surface area contributed by atoms with Gasteiger partial charge >= 0.3 is 0 Å². The predicted molar refractivity (Wildman–Crippen MR) is 49.0 cm³/mol. The summed E-state index contributed by atoms with van der Waals surface area (Å²) in [5.41, 5.74) is 3.20. The summed E-state index contributed by atoms with van der Waals surface area (Å²) < 4.78 is 5.28. The number of hydrazine groups is 1. The Bertz CT molecular complexity index is 410. The molecule has 0 bridgehead atoms. The molecule has 0 fully saturated rings. The molecule has 2 aromatic rings. The van der Waals surface area contributed by atoms with Crippen LogP contribution in [0.2, 0.25) is 5.02 Å². The number of rotatable bonds is 1. The van der Waals surface area contributed by atoms with Crippen molar-refractivity contribution >= 4 is 28.5 Å². The van der Waals surface area contributed by atoms with E-state index in [9.17, 15) is 0 Å². The third-order valence-corrected chi connectivity index (χ3v) is 1.86. The first-order valence-electron chi connectivity index (χ1n) is 3.45. The van der Waals surface area contributed by atoms with E-state index < -0.39 is 0 Å². The first kappa shape index (κ1) is 7.46. The molecule has 0 atom stereocenters. The van der Waals surface area contributed by atoms with Crippen LogP contribution in [0, 0.1) is 0 Å². The fraction of sp³-hybridized carbons (Fsp3) is 0. The zero-order chi connectivity index (χ0) is 8.55. The number of fused-ring (bicyclic) bond motifs is 1. The van der Waals surface area contributed by atoms with Crippen molar-refractivity contribution in [2.24, 2.45) is 5.84 Å². The van der Waals surface area contributed by atoms with Crippen LogP contribution in [-0.4, -0.2) is 0 Å². The molecule has 0 aliphatic carbocycles. The molecular weight excluding hydrogens is 176 g/mol. The monoisotopic (exact) mass is 182 g/mol. The van der Waals surface area contributed by atoms with Crippen molar-refractivity contribution in [2.75, 3.05) is 5.43 Å². The lowest BCUT2D eigenvalue weighted by atomic mass is 10.3. The van der Waals surface area contributed by atoms with Gasteiger partial charge in [0.25, 0.3) is 0 Å². The molecule has 0 unspecified atom stereocenters. The minimum Gasteiger partial charge on any atom is -0.439 e. The second-order valence-electron chi connectivity index (χ2n) is 2.44. The van der Waals surface area contributed by atoms with Gasteiger partial charge in [-0.2, -0.15) is 0 Å². The average Bonchev–Trinajstić information content (AvgIpc) is 2.46. The molecule has 3 nitrogen and oxygen atoms in total. The molecule has 0 aliphatic heterocycles. The number of halogens is 1. The van der Waals surface area contributed by atoms with Crippen LogP contribution in [0.5, 0.6) is 0 Å². The number of hydrogen-bond acceptors (Lipinski definition) is 3. The van der Waals surface area contributed by atoms with Crippen molar-refractivity contribution in [2.45, 2.75) is 0 Å². The summed E-state index contributed by atoms with van der Waals surface area (Å²) in [7, 11) is 0. The van der Waals surface area contributed by atoms with Crippen molar-refractivity contribution < 1.29 is 4.42 Å². The highest BCUT2D eigenvalue weighted by Gasteiger charge is 2.01. The quantitative estimate of drug-likeness (QED) is 0.526. The summed E-state index contributed by atoms with van der Waals surface area (Å²) in [6, 6.07) is 7.19. The molecular formula is C8H7ClN2O. The van der Waals surface area contributed by atoms with Crippen molar-refractivity contribution in [3.05, 3.63) is 29.3 Å². The number of hydrogen-bond donors (Lipinski definition) is 2. The molecule has 0 amide bonds. The normalized spacial score (nSPS) is 10.5. The Kier molecular flexibility index (Phi) is 1.67. The summed E-state index contributed by atoms with van der Waals surface area (Å²) in [4.78, 5) is 0. The van der Waals surface area contributed by atoms with E-state index in [4.69, 9.17) is 21.9 Å². The van der Waals surface area contributed by atoms with Crippen LogP contribution in [0.3, 0.4) is 0 Å². The summed E-state index contributed by atoms with van der Waals surface area (Å²) >= 11 is 5.78. The predicted octanol–water partition coefficient (Wildman–Crippen LogP) is 2.37. The van der Waals surface area contributed by atoms with Crippen LogP contribution in [0.25, 0.3) is 11.0 Å². The largest absolute Gasteiger partial charge is 0.439 e. The molecule has 1 aromatic heterocycles. The topological polar surface area (TPSA) is 51.2 Å². The van der Waals surface area contributed by atoms with Crippen molar-refractivity contribution in [1.82, 2.24) is 0 Å². The zero-order valence-electron chi connectivity index (χ0n) is 6.17. The Hall–Kier alpha value is -1.19. The molecule has 1 heterocycles. The molecule has 62 valence electrons. The molecule has 0 saturated carbocycles. The van der Waals surface area contributed by atoms with E-state index in [0.29, 0.717) is 10.9 Å². The summed E-state index contributed by atoms with van der Waals surface area (Å²) in [5, 5.41) is 1.63. The van der Waals surface area contributed by atoms with E-state index in [1.807, 2.05) is 6.07 Å². The third kappa shape index (κ3) is 1.13. The Morgan fingerprint density at radius 2 is 2.17 bits per heavy atom. The maximum Gasteiger partial charge on any atom is 0.208 e. The van der Waals surface area contributed by atoms with Crippen molar-refractivity contribution in [3.8, 4) is 0 Å². The van der Waals surface area contributed by atoms with Gasteiger partial charge in [0.15, 0.2) is 0 Å². The maximum atomic E-state index is 5.78. The van der Waals surface area contributed by atoms with Gasteiger partial charge in [0, 0.05) is 16.5 Å². The van der Waals surface area contributed by atoms with Gasteiger partial charge in [-0.3, -0.25) is 5.43 Å². The van der Waals surface area contributed by atoms with E-state index in [0.717, 1.165) is 11.0 Å². The smallest absolute Gasteiger partial charge is 0.208 e. The molecule has 0 saturated heterocycles. The summed E-state index contributed by atoms with van der Waals surface area (Å²) in [6.45, 7) is 0. The second kappa shape index (κ2) is 2.69. The van der Waals surface area contributed by atoms with E-state index in [2.05, 4.69) is 5.43 Å². The lowest BCUT2D eigenvalue weighted by Crippen LogP contribution is -2.04. The standard InChI is InChI=1S/C8H7ClN2O/c9-6-1-2-7-5(3-6)4-8(11-10)12-7/h1-4,11H,10H2. The summed E-state index contributed by atoms with van der Waals surface area (Å²) in [5.74, 6) is 5.71. The van der Waals surface area contributed by atoms with E-state index in [1.165, 1.54) is 0 Å². The number of benzene rings is 1. The van der Waals surface area contributed by atoms with Gasteiger partial charge in [-0.25, -0.2) is 5.84 Å². The lowest BCUT2D eigenvalue weighted by Gasteiger charge is -1.88. The van der Waals surface area contributed by atoms with E-state index >= 15 is 0 Å². The summed E-state index contributed by atoms with van der Waals surface area (Å²) in [6.07, 6.45) is 0. The zero-order valence-corrected chi connectivity index (χ0v) is 6.93. The fourth-order valence-corrected chi connectivity index (χ4v) is 1.27. The molecule has 4 heteroatoms. The van der Waals surface area contributed by atoms with Crippen molar-refractivity contribution in [1.29, 1.82) is 0 Å². The van der Waals surface area contributed by atoms with Gasteiger partial charge < -0.3 is 4.42 Å². The number of nitrogens with two attached hydrogens (primary N) is 1. The van der Waals surface area contributed by atoms with Gasteiger partial charge in [-0.05, 0) is 18.2 Å². The number of nitrogen functional groups attached to an aromatic ring is 1. The lowest BCUT2D eigenvalue weighted by molar-refractivity contribution is 0.628. The second-order valence-corrected chi connectivity index (χ2v) is 2.87. The van der Waals surface area contributed by atoms with Gasteiger partial charge in [0.2, 0.25) is 5.88 Å². The molecule has 0 aliphatic rings. The van der Waals surface area contributed by atoms with Crippen LogP contribution in [0.15, 0.2) is 28.7 Å². The fourth-order valence-electron chi connectivity index (χ4n) is 1.09. The Labute approximate surface area is 74.1 Å². The SMILES string of the molecule is NNc1cc2cc(Cl)ccc2o1. The molecule has 12 heavy (non-hydrogen) atoms. The van der Waals surface area contributed by atoms with E-state index in [1.54, 1.807) is 18.2 Å². The highest BCUT2D eigenvalue weighted by molar-refractivity contribution is 6.31. The number of furan rings is 1. The van der Waals surface area contributed by atoms with Gasteiger partial charge in [0.1, 0.15) is 5.58 Å². The third-order valence-electron chi connectivity index (χ3n) is 1.62. The maximum absolute atomic E-state index is 5.78.